The zero-order valence-electron chi connectivity index (χ0n) is 17.5. The number of hydrogen-bond acceptors (Lipinski definition) is 6. The van der Waals surface area contributed by atoms with E-state index in [4.69, 9.17) is 0 Å². The van der Waals surface area contributed by atoms with Gasteiger partial charge in [0.1, 0.15) is 11.3 Å². The molecule has 0 spiro atoms. The summed E-state index contributed by atoms with van der Waals surface area (Å²) in [5, 5.41) is 8.28. The monoisotopic (exact) mass is 439 g/mol. The van der Waals surface area contributed by atoms with E-state index < -0.39 is 15.7 Å². The lowest BCUT2D eigenvalue weighted by molar-refractivity contribution is 0.593. The number of benzene rings is 1. The lowest BCUT2D eigenvalue weighted by Gasteiger charge is -2.12. The second-order valence-electron chi connectivity index (χ2n) is 7.06. The predicted octanol–water partition coefficient (Wildman–Crippen LogP) is 4.07. The molecule has 4 aromatic rings. The minimum absolute atomic E-state index is 0.0114. The molecule has 0 aliphatic carbocycles. The number of aromatic nitrogens is 5. The lowest BCUT2D eigenvalue weighted by atomic mass is 9.97. The lowest BCUT2D eigenvalue weighted by Crippen LogP contribution is -2.08. The Balaban J connectivity index is 1.88. The molecule has 0 unspecified atom stereocenters. The van der Waals surface area contributed by atoms with Crippen LogP contribution in [0.2, 0.25) is 0 Å². The van der Waals surface area contributed by atoms with Crippen LogP contribution in [0.25, 0.3) is 33.4 Å². The summed E-state index contributed by atoms with van der Waals surface area (Å²) in [5.41, 5.74) is 4.28. The first-order chi connectivity index (χ1) is 14.9. The SMILES string of the molecule is CCc1nc(S(=O)(=O)CC)ccc1-c1cc(-c2cnnc3c2ncn3CC)ccc1F. The maximum Gasteiger partial charge on any atom is 0.195 e. The number of imidazole rings is 1. The first-order valence-electron chi connectivity index (χ1n) is 10.1. The fourth-order valence-corrected chi connectivity index (χ4v) is 4.35. The van der Waals surface area contributed by atoms with Gasteiger partial charge in [0.25, 0.3) is 0 Å². The van der Waals surface area contributed by atoms with Gasteiger partial charge in [0.05, 0.1) is 18.3 Å². The molecule has 3 heterocycles. The van der Waals surface area contributed by atoms with E-state index in [1.54, 1.807) is 37.6 Å². The summed E-state index contributed by atoms with van der Waals surface area (Å²) < 4.78 is 41.2. The third-order valence-electron chi connectivity index (χ3n) is 5.29. The summed E-state index contributed by atoms with van der Waals surface area (Å²) in [6.45, 7) is 6.14. The second-order valence-corrected chi connectivity index (χ2v) is 9.28. The van der Waals surface area contributed by atoms with Crippen LogP contribution in [0.3, 0.4) is 0 Å². The van der Waals surface area contributed by atoms with E-state index >= 15 is 0 Å². The molecule has 0 atom stereocenters. The number of hydrogen-bond donors (Lipinski definition) is 0. The van der Waals surface area contributed by atoms with Gasteiger partial charge in [0.15, 0.2) is 20.5 Å². The van der Waals surface area contributed by atoms with Gasteiger partial charge in [-0.25, -0.2) is 22.8 Å². The number of fused-ring (bicyclic) bond motifs is 1. The Morgan fingerprint density at radius 3 is 2.55 bits per heavy atom. The van der Waals surface area contributed by atoms with E-state index in [0.717, 1.165) is 11.1 Å². The normalized spacial score (nSPS) is 11.9. The van der Waals surface area contributed by atoms with Crippen LogP contribution in [0.4, 0.5) is 4.39 Å². The first-order valence-corrected chi connectivity index (χ1v) is 11.7. The van der Waals surface area contributed by atoms with Crippen LogP contribution in [-0.4, -0.2) is 38.9 Å². The molecule has 0 aliphatic rings. The van der Waals surface area contributed by atoms with Crippen LogP contribution in [0, 0.1) is 5.82 Å². The van der Waals surface area contributed by atoms with Gasteiger partial charge in [0.2, 0.25) is 0 Å². The average Bonchev–Trinajstić information content (AvgIpc) is 3.22. The summed E-state index contributed by atoms with van der Waals surface area (Å²) in [4.78, 5) is 8.79. The maximum absolute atomic E-state index is 14.9. The highest BCUT2D eigenvalue weighted by Crippen LogP contribution is 2.33. The van der Waals surface area contributed by atoms with Gasteiger partial charge in [-0.05, 0) is 43.2 Å². The van der Waals surface area contributed by atoms with Gasteiger partial charge in [-0.3, -0.25) is 0 Å². The van der Waals surface area contributed by atoms with E-state index in [9.17, 15) is 12.8 Å². The van der Waals surface area contributed by atoms with Crippen LogP contribution < -0.4 is 0 Å². The van der Waals surface area contributed by atoms with E-state index in [1.165, 1.54) is 12.1 Å². The molecule has 0 amide bonds. The topological polar surface area (TPSA) is 90.6 Å². The molecule has 0 bridgehead atoms. The summed E-state index contributed by atoms with van der Waals surface area (Å²) in [6, 6.07) is 7.86. The number of pyridine rings is 1. The van der Waals surface area contributed by atoms with E-state index in [2.05, 4.69) is 20.2 Å². The van der Waals surface area contributed by atoms with Crippen molar-refractivity contribution in [2.24, 2.45) is 0 Å². The zero-order chi connectivity index (χ0) is 22.2. The van der Waals surface area contributed by atoms with Gasteiger partial charge < -0.3 is 4.57 Å². The number of halogens is 1. The molecule has 9 heteroatoms. The van der Waals surface area contributed by atoms with Gasteiger partial charge in [-0.2, -0.15) is 5.10 Å². The molecule has 0 saturated heterocycles. The van der Waals surface area contributed by atoms with Crippen LogP contribution in [0.15, 0.2) is 47.9 Å². The summed E-state index contributed by atoms with van der Waals surface area (Å²) in [5.74, 6) is -0.453. The Morgan fingerprint density at radius 1 is 1.03 bits per heavy atom. The highest BCUT2D eigenvalue weighted by Gasteiger charge is 2.19. The first kappa shape index (κ1) is 21.0. The van der Waals surface area contributed by atoms with Gasteiger partial charge in [-0.1, -0.05) is 19.9 Å². The highest BCUT2D eigenvalue weighted by molar-refractivity contribution is 7.91. The minimum atomic E-state index is -3.45. The molecule has 0 aliphatic heterocycles. The van der Waals surface area contributed by atoms with Crippen molar-refractivity contribution in [3.63, 3.8) is 0 Å². The fraction of sp³-hybridized carbons (Fsp3) is 0.273. The summed E-state index contributed by atoms with van der Waals surface area (Å²) in [7, 11) is -3.45. The van der Waals surface area contributed by atoms with Crippen molar-refractivity contribution in [1.82, 2.24) is 24.7 Å². The fourth-order valence-electron chi connectivity index (χ4n) is 3.53. The maximum atomic E-state index is 14.9. The highest BCUT2D eigenvalue weighted by atomic mass is 32.2. The standard InChI is InChI=1S/C22H22FN5O2S/c1-4-19-15(8-10-20(26-19)31(29,30)6-3)16-11-14(7-9-18(16)23)17-12-25-27-22-21(17)24-13-28(22)5-2/h7-13H,4-6H2,1-3H3. The van der Waals surface area contributed by atoms with Crippen molar-refractivity contribution in [2.75, 3.05) is 5.75 Å². The Labute approximate surface area is 179 Å². The van der Waals surface area contributed by atoms with Crippen molar-refractivity contribution >= 4 is 21.0 Å². The quantitative estimate of drug-likeness (QED) is 0.450. The summed E-state index contributed by atoms with van der Waals surface area (Å²) >= 11 is 0. The van der Waals surface area contributed by atoms with Gasteiger partial charge in [-0.15, -0.1) is 5.10 Å². The number of aryl methyl sites for hydroxylation is 2. The molecule has 160 valence electrons. The van der Waals surface area contributed by atoms with E-state index in [-0.39, 0.29) is 10.8 Å². The van der Waals surface area contributed by atoms with E-state index in [0.29, 0.717) is 41.0 Å². The van der Waals surface area contributed by atoms with Crippen molar-refractivity contribution in [3.8, 4) is 22.3 Å². The molecule has 7 nitrogen and oxygen atoms in total. The summed E-state index contributed by atoms with van der Waals surface area (Å²) in [6.07, 6.45) is 3.79. The van der Waals surface area contributed by atoms with Crippen LogP contribution in [0.1, 0.15) is 26.5 Å². The zero-order valence-corrected chi connectivity index (χ0v) is 18.3. The largest absolute Gasteiger partial charge is 0.314 e. The van der Waals surface area contributed by atoms with Gasteiger partial charge in [0, 0.05) is 28.9 Å². The molecule has 0 saturated carbocycles. The average molecular weight is 440 g/mol. The smallest absolute Gasteiger partial charge is 0.195 e. The number of rotatable bonds is 6. The molecule has 3 aromatic heterocycles. The van der Waals surface area contributed by atoms with Crippen molar-refractivity contribution in [2.45, 2.75) is 38.8 Å². The Bertz CT molecular complexity index is 1380. The molecule has 0 radical (unpaired) electrons. The Morgan fingerprint density at radius 2 is 1.84 bits per heavy atom. The van der Waals surface area contributed by atoms with Crippen molar-refractivity contribution in [3.05, 3.63) is 54.4 Å². The molecule has 4 rings (SSSR count). The Kier molecular flexibility index (Phi) is 5.53. The van der Waals surface area contributed by atoms with E-state index in [1.807, 2.05) is 18.4 Å². The van der Waals surface area contributed by atoms with Crippen LogP contribution in [-0.2, 0) is 22.8 Å². The molecular formula is C22H22FN5O2S. The van der Waals surface area contributed by atoms with Crippen molar-refractivity contribution in [1.29, 1.82) is 0 Å². The second kappa shape index (κ2) is 8.14. The van der Waals surface area contributed by atoms with Gasteiger partial charge >= 0.3 is 0 Å². The predicted molar refractivity (Wildman–Crippen MR) is 117 cm³/mol. The molecule has 31 heavy (non-hydrogen) atoms. The third kappa shape index (κ3) is 3.69. The molecule has 1 aromatic carbocycles. The van der Waals surface area contributed by atoms with Crippen molar-refractivity contribution < 1.29 is 12.8 Å². The van der Waals surface area contributed by atoms with Crippen LogP contribution in [0.5, 0.6) is 0 Å². The number of sulfone groups is 1. The number of nitrogens with zero attached hydrogens (tertiary/aromatic N) is 5. The molecule has 0 fully saturated rings. The van der Waals surface area contributed by atoms with Crippen LogP contribution >= 0.6 is 0 Å². The minimum Gasteiger partial charge on any atom is -0.314 e. The molecule has 0 N–H and O–H groups in total. The third-order valence-corrected chi connectivity index (χ3v) is 6.92. The molecular weight excluding hydrogens is 417 g/mol. The Hall–Kier alpha value is -3.20.